The largest absolute Gasteiger partial charge is 0.339 e. The molecule has 1 rings (SSSR count). The molecule has 4 heteroatoms. The second kappa shape index (κ2) is 5.35. The van der Waals surface area contributed by atoms with Gasteiger partial charge in [-0.1, -0.05) is 32.3 Å². The quantitative estimate of drug-likeness (QED) is 0.709. The maximum Gasteiger partial charge on any atom is 0.226 e. The van der Waals surface area contributed by atoms with Crippen LogP contribution >= 0.6 is 11.6 Å². The zero-order valence-corrected chi connectivity index (χ0v) is 9.71. The molecule has 0 fully saturated rings. The number of halogens is 1. The third-order valence-electron chi connectivity index (χ3n) is 1.89. The summed E-state index contributed by atoms with van der Waals surface area (Å²) in [6, 6.07) is 0. The second-order valence-electron chi connectivity index (χ2n) is 3.90. The van der Waals surface area contributed by atoms with Crippen molar-refractivity contribution in [1.29, 1.82) is 0 Å². The molecule has 1 aromatic heterocycles. The molecule has 0 spiro atoms. The number of alkyl halides is 1. The molecule has 0 aliphatic heterocycles. The third-order valence-corrected chi connectivity index (χ3v) is 2.30. The SMILES string of the molecule is CCCC(Cl)c1noc(CC(C)C)n1. The minimum Gasteiger partial charge on any atom is -0.339 e. The van der Waals surface area contributed by atoms with Gasteiger partial charge in [-0.05, 0) is 12.3 Å². The monoisotopic (exact) mass is 216 g/mol. The van der Waals surface area contributed by atoms with Crippen molar-refractivity contribution < 1.29 is 4.52 Å². The standard InChI is InChI=1S/C10H17ClN2O/c1-4-5-8(11)10-12-9(14-13-10)6-7(2)3/h7-8H,4-6H2,1-3H3. The molecule has 0 aliphatic carbocycles. The van der Waals surface area contributed by atoms with Crippen LogP contribution in [0, 0.1) is 5.92 Å². The number of hydrogen-bond acceptors (Lipinski definition) is 3. The van der Waals surface area contributed by atoms with Crippen LogP contribution in [-0.2, 0) is 6.42 Å². The summed E-state index contributed by atoms with van der Waals surface area (Å²) in [6.07, 6.45) is 2.74. The van der Waals surface area contributed by atoms with Crippen molar-refractivity contribution in [3.05, 3.63) is 11.7 Å². The van der Waals surface area contributed by atoms with Crippen molar-refractivity contribution >= 4 is 11.6 Å². The van der Waals surface area contributed by atoms with Crippen molar-refractivity contribution in [1.82, 2.24) is 10.1 Å². The van der Waals surface area contributed by atoms with Gasteiger partial charge in [-0.3, -0.25) is 0 Å². The minimum atomic E-state index is -0.107. The van der Waals surface area contributed by atoms with Crippen LogP contribution in [0.1, 0.15) is 50.7 Å². The fourth-order valence-electron chi connectivity index (χ4n) is 1.21. The minimum absolute atomic E-state index is 0.107. The molecule has 3 nitrogen and oxygen atoms in total. The molecule has 0 saturated carbocycles. The zero-order valence-electron chi connectivity index (χ0n) is 8.96. The Labute approximate surface area is 89.8 Å². The van der Waals surface area contributed by atoms with E-state index in [9.17, 15) is 0 Å². The number of aromatic nitrogens is 2. The van der Waals surface area contributed by atoms with Gasteiger partial charge in [-0.15, -0.1) is 11.6 Å². The smallest absolute Gasteiger partial charge is 0.226 e. The van der Waals surface area contributed by atoms with E-state index in [1.165, 1.54) is 0 Å². The first-order valence-electron chi connectivity index (χ1n) is 5.10. The van der Waals surface area contributed by atoms with Gasteiger partial charge in [0.15, 0.2) is 5.82 Å². The Hall–Kier alpha value is -0.570. The molecule has 0 saturated heterocycles. The van der Waals surface area contributed by atoms with Crippen LogP contribution in [0.25, 0.3) is 0 Å². The Morgan fingerprint density at radius 3 is 2.71 bits per heavy atom. The molecule has 0 radical (unpaired) electrons. The number of rotatable bonds is 5. The lowest BCUT2D eigenvalue weighted by molar-refractivity contribution is 0.358. The molecule has 0 N–H and O–H groups in total. The molecule has 0 aliphatic rings. The summed E-state index contributed by atoms with van der Waals surface area (Å²) in [7, 11) is 0. The Morgan fingerprint density at radius 2 is 2.14 bits per heavy atom. The summed E-state index contributed by atoms with van der Waals surface area (Å²) in [4.78, 5) is 4.26. The van der Waals surface area contributed by atoms with E-state index in [2.05, 4.69) is 30.9 Å². The molecular weight excluding hydrogens is 200 g/mol. The third kappa shape index (κ3) is 3.29. The molecule has 1 atom stereocenters. The molecule has 80 valence electrons. The van der Waals surface area contributed by atoms with Crippen LogP contribution in [0.5, 0.6) is 0 Å². The fourth-order valence-corrected chi connectivity index (χ4v) is 1.52. The molecular formula is C10H17ClN2O. The van der Waals surface area contributed by atoms with E-state index in [4.69, 9.17) is 16.1 Å². The predicted octanol–water partition coefficient (Wildman–Crippen LogP) is 3.35. The Kier molecular flexibility index (Phi) is 4.39. The molecule has 1 unspecified atom stereocenters. The number of nitrogens with zero attached hydrogens (tertiary/aromatic N) is 2. The number of hydrogen-bond donors (Lipinski definition) is 0. The summed E-state index contributed by atoms with van der Waals surface area (Å²) >= 11 is 6.07. The van der Waals surface area contributed by atoms with Crippen LogP contribution in [0.3, 0.4) is 0 Å². The first-order chi connectivity index (χ1) is 6.63. The van der Waals surface area contributed by atoms with Gasteiger partial charge < -0.3 is 4.52 Å². The van der Waals surface area contributed by atoms with Gasteiger partial charge in [0.2, 0.25) is 5.89 Å². The Bertz CT molecular complexity index is 273. The Balaban J connectivity index is 2.58. The predicted molar refractivity (Wildman–Crippen MR) is 56.3 cm³/mol. The van der Waals surface area contributed by atoms with Gasteiger partial charge in [-0.2, -0.15) is 4.98 Å². The maximum atomic E-state index is 6.07. The maximum absolute atomic E-state index is 6.07. The first kappa shape index (κ1) is 11.5. The first-order valence-corrected chi connectivity index (χ1v) is 5.53. The molecule has 0 amide bonds. The van der Waals surface area contributed by atoms with E-state index in [1.54, 1.807) is 0 Å². The van der Waals surface area contributed by atoms with Crippen molar-refractivity contribution in [2.24, 2.45) is 5.92 Å². The van der Waals surface area contributed by atoms with E-state index >= 15 is 0 Å². The lowest BCUT2D eigenvalue weighted by atomic mass is 10.1. The van der Waals surface area contributed by atoms with Crippen molar-refractivity contribution in [3.63, 3.8) is 0 Å². The van der Waals surface area contributed by atoms with Gasteiger partial charge in [0.05, 0.1) is 5.38 Å². The summed E-state index contributed by atoms with van der Waals surface area (Å²) in [6.45, 7) is 6.33. The van der Waals surface area contributed by atoms with Crippen molar-refractivity contribution in [3.8, 4) is 0 Å². The van der Waals surface area contributed by atoms with Gasteiger partial charge in [0, 0.05) is 6.42 Å². The van der Waals surface area contributed by atoms with Gasteiger partial charge in [-0.25, -0.2) is 0 Å². The summed E-state index contributed by atoms with van der Waals surface area (Å²) < 4.78 is 5.10. The summed E-state index contributed by atoms with van der Waals surface area (Å²) in [5, 5.41) is 3.76. The molecule has 0 bridgehead atoms. The highest BCUT2D eigenvalue weighted by molar-refractivity contribution is 6.20. The highest BCUT2D eigenvalue weighted by Gasteiger charge is 2.15. The van der Waals surface area contributed by atoms with Gasteiger partial charge in [0.1, 0.15) is 0 Å². The Morgan fingerprint density at radius 1 is 1.43 bits per heavy atom. The van der Waals surface area contributed by atoms with E-state index in [-0.39, 0.29) is 5.38 Å². The van der Waals surface area contributed by atoms with Crippen LogP contribution in [-0.4, -0.2) is 10.1 Å². The van der Waals surface area contributed by atoms with Gasteiger partial charge in [0.25, 0.3) is 0 Å². The van der Waals surface area contributed by atoms with Crippen LogP contribution in [0.2, 0.25) is 0 Å². The fraction of sp³-hybridized carbons (Fsp3) is 0.800. The average Bonchev–Trinajstić information content (AvgIpc) is 2.52. The average molecular weight is 217 g/mol. The van der Waals surface area contributed by atoms with E-state index in [1.807, 2.05) is 0 Å². The van der Waals surface area contributed by atoms with E-state index < -0.39 is 0 Å². The normalized spacial score (nSPS) is 13.5. The summed E-state index contributed by atoms with van der Waals surface area (Å²) in [5.41, 5.74) is 0. The molecule has 14 heavy (non-hydrogen) atoms. The van der Waals surface area contributed by atoms with E-state index in [0.717, 1.165) is 19.3 Å². The highest BCUT2D eigenvalue weighted by atomic mass is 35.5. The second-order valence-corrected chi connectivity index (χ2v) is 4.43. The highest BCUT2D eigenvalue weighted by Crippen LogP contribution is 2.22. The van der Waals surface area contributed by atoms with Crippen molar-refractivity contribution in [2.45, 2.75) is 45.4 Å². The van der Waals surface area contributed by atoms with Crippen molar-refractivity contribution in [2.75, 3.05) is 0 Å². The van der Waals surface area contributed by atoms with Crippen LogP contribution < -0.4 is 0 Å². The topological polar surface area (TPSA) is 38.9 Å². The van der Waals surface area contributed by atoms with Crippen LogP contribution in [0.15, 0.2) is 4.52 Å². The lowest BCUT2D eigenvalue weighted by Gasteiger charge is -2.00. The summed E-state index contributed by atoms with van der Waals surface area (Å²) in [5.74, 6) is 1.85. The molecule has 0 aromatic carbocycles. The van der Waals surface area contributed by atoms with Crippen LogP contribution in [0.4, 0.5) is 0 Å². The van der Waals surface area contributed by atoms with E-state index in [0.29, 0.717) is 17.6 Å². The molecule has 1 aromatic rings. The zero-order chi connectivity index (χ0) is 10.6. The van der Waals surface area contributed by atoms with Gasteiger partial charge >= 0.3 is 0 Å². The lowest BCUT2D eigenvalue weighted by Crippen LogP contribution is -1.96. The molecule has 1 heterocycles.